The molecule has 0 spiro atoms. The lowest BCUT2D eigenvalue weighted by Gasteiger charge is -2.18. The third-order valence-electron chi connectivity index (χ3n) is 3.67. The summed E-state index contributed by atoms with van der Waals surface area (Å²) in [5, 5.41) is 12.9. The van der Waals surface area contributed by atoms with Crippen molar-refractivity contribution < 1.29 is 14.6 Å². The number of esters is 1. The molecule has 0 aliphatic rings. The van der Waals surface area contributed by atoms with Crippen LogP contribution in [0, 0.1) is 0 Å². The Morgan fingerprint density at radius 2 is 1.83 bits per heavy atom. The van der Waals surface area contributed by atoms with Crippen LogP contribution in [0.4, 0.5) is 0 Å². The number of rotatable bonds is 7. The van der Waals surface area contributed by atoms with Gasteiger partial charge >= 0.3 is 5.97 Å². The molecule has 23 heavy (non-hydrogen) atoms. The highest BCUT2D eigenvalue weighted by molar-refractivity contribution is 5.77. The Bertz CT molecular complexity index is 637. The molecular formula is C19H23NO3. The topological polar surface area (TPSA) is 58.6 Å². The van der Waals surface area contributed by atoms with E-state index in [-0.39, 0.29) is 11.7 Å². The Morgan fingerprint density at radius 1 is 1.13 bits per heavy atom. The van der Waals surface area contributed by atoms with Crippen molar-refractivity contribution in [2.45, 2.75) is 32.9 Å². The predicted molar refractivity (Wildman–Crippen MR) is 90.1 cm³/mol. The fraction of sp³-hybridized carbons (Fsp3) is 0.316. The summed E-state index contributed by atoms with van der Waals surface area (Å²) in [6, 6.07) is 14.4. The number of carbonyl (C=O) groups excluding carboxylic acids is 1. The lowest BCUT2D eigenvalue weighted by Crippen LogP contribution is -2.30. The quantitative estimate of drug-likeness (QED) is 0.770. The van der Waals surface area contributed by atoms with E-state index in [4.69, 9.17) is 4.74 Å². The SMILES string of the molecule is CCOC(=O)C(NCc1ccc(CC)cc1)c1cccc(O)c1. The Morgan fingerprint density at radius 3 is 2.43 bits per heavy atom. The molecule has 0 aliphatic carbocycles. The average molecular weight is 313 g/mol. The molecule has 0 saturated carbocycles. The Balaban J connectivity index is 2.12. The van der Waals surface area contributed by atoms with E-state index < -0.39 is 6.04 Å². The third-order valence-corrected chi connectivity index (χ3v) is 3.67. The summed E-state index contributed by atoms with van der Waals surface area (Å²) in [6.07, 6.45) is 1.00. The van der Waals surface area contributed by atoms with E-state index in [1.807, 2.05) is 0 Å². The number of nitrogens with one attached hydrogen (secondary N) is 1. The van der Waals surface area contributed by atoms with Crippen molar-refractivity contribution in [2.75, 3.05) is 6.61 Å². The minimum absolute atomic E-state index is 0.130. The summed E-state index contributed by atoms with van der Waals surface area (Å²) in [7, 11) is 0. The normalized spacial score (nSPS) is 11.9. The Hall–Kier alpha value is -2.33. The first-order valence-electron chi connectivity index (χ1n) is 7.90. The van der Waals surface area contributed by atoms with Crippen LogP contribution in [-0.2, 0) is 22.5 Å². The second-order valence-corrected chi connectivity index (χ2v) is 5.33. The molecule has 122 valence electrons. The predicted octanol–water partition coefficient (Wildman–Crippen LogP) is 3.35. The second-order valence-electron chi connectivity index (χ2n) is 5.33. The van der Waals surface area contributed by atoms with E-state index >= 15 is 0 Å². The number of ether oxygens (including phenoxy) is 1. The molecular weight excluding hydrogens is 290 g/mol. The molecule has 0 fully saturated rings. The molecule has 4 heteroatoms. The fourth-order valence-corrected chi connectivity index (χ4v) is 2.38. The van der Waals surface area contributed by atoms with Gasteiger partial charge in [0, 0.05) is 6.54 Å². The van der Waals surface area contributed by atoms with Crippen LogP contribution in [0.5, 0.6) is 5.75 Å². The van der Waals surface area contributed by atoms with Crippen molar-refractivity contribution in [3.05, 3.63) is 65.2 Å². The van der Waals surface area contributed by atoms with E-state index in [0.29, 0.717) is 18.7 Å². The molecule has 0 bridgehead atoms. The third kappa shape index (κ3) is 4.83. The van der Waals surface area contributed by atoms with Crippen molar-refractivity contribution in [3.63, 3.8) is 0 Å². The van der Waals surface area contributed by atoms with Crippen LogP contribution in [0.1, 0.15) is 36.6 Å². The Labute approximate surface area is 137 Å². The van der Waals surface area contributed by atoms with Gasteiger partial charge in [-0.2, -0.15) is 0 Å². The van der Waals surface area contributed by atoms with Gasteiger partial charge in [-0.15, -0.1) is 0 Å². The van der Waals surface area contributed by atoms with Gasteiger partial charge in [-0.3, -0.25) is 5.32 Å². The van der Waals surface area contributed by atoms with Crippen molar-refractivity contribution >= 4 is 5.97 Å². The van der Waals surface area contributed by atoms with Crippen LogP contribution in [0.25, 0.3) is 0 Å². The molecule has 1 unspecified atom stereocenters. The van der Waals surface area contributed by atoms with E-state index in [9.17, 15) is 9.90 Å². The molecule has 0 heterocycles. The maximum Gasteiger partial charge on any atom is 0.327 e. The van der Waals surface area contributed by atoms with Crippen LogP contribution < -0.4 is 5.32 Å². The summed E-state index contributed by atoms with van der Waals surface area (Å²) in [5.74, 6) is -0.214. The summed E-state index contributed by atoms with van der Waals surface area (Å²) in [6.45, 7) is 4.76. The number of phenols is 1. The lowest BCUT2D eigenvalue weighted by molar-refractivity contribution is -0.145. The van der Waals surface area contributed by atoms with Gasteiger partial charge in [0.25, 0.3) is 0 Å². The van der Waals surface area contributed by atoms with E-state index in [1.165, 1.54) is 5.56 Å². The molecule has 0 aromatic heterocycles. The molecule has 0 saturated heterocycles. The van der Waals surface area contributed by atoms with Crippen LogP contribution in [-0.4, -0.2) is 17.7 Å². The molecule has 2 N–H and O–H groups in total. The first-order chi connectivity index (χ1) is 11.1. The maximum absolute atomic E-state index is 12.2. The van der Waals surface area contributed by atoms with Crippen LogP contribution >= 0.6 is 0 Å². The highest BCUT2D eigenvalue weighted by Crippen LogP contribution is 2.20. The molecule has 2 aromatic carbocycles. The number of aromatic hydroxyl groups is 1. The minimum Gasteiger partial charge on any atom is -0.508 e. The molecule has 2 rings (SSSR count). The number of aryl methyl sites for hydroxylation is 1. The van der Waals surface area contributed by atoms with Crippen molar-refractivity contribution in [2.24, 2.45) is 0 Å². The van der Waals surface area contributed by atoms with Gasteiger partial charge < -0.3 is 9.84 Å². The molecule has 2 aromatic rings. The molecule has 0 amide bonds. The van der Waals surface area contributed by atoms with E-state index in [0.717, 1.165) is 12.0 Å². The van der Waals surface area contributed by atoms with Crippen molar-refractivity contribution in [1.82, 2.24) is 5.32 Å². The first-order valence-corrected chi connectivity index (χ1v) is 7.90. The fourth-order valence-electron chi connectivity index (χ4n) is 2.38. The van der Waals surface area contributed by atoms with Gasteiger partial charge in [-0.1, -0.05) is 43.3 Å². The number of benzene rings is 2. The summed E-state index contributed by atoms with van der Waals surface area (Å²) in [4.78, 5) is 12.2. The maximum atomic E-state index is 12.2. The highest BCUT2D eigenvalue weighted by atomic mass is 16.5. The van der Waals surface area contributed by atoms with Crippen LogP contribution in [0.15, 0.2) is 48.5 Å². The van der Waals surface area contributed by atoms with Crippen LogP contribution in [0.3, 0.4) is 0 Å². The zero-order valence-corrected chi connectivity index (χ0v) is 13.6. The number of hydrogen-bond donors (Lipinski definition) is 2. The zero-order chi connectivity index (χ0) is 16.7. The smallest absolute Gasteiger partial charge is 0.327 e. The molecule has 0 radical (unpaired) electrons. The number of carbonyl (C=O) groups is 1. The molecule has 4 nitrogen and oxygen atoms in total. The van der Waals surface area contributed by atoms with Crippen molar-refractivity contribution in [1.29, 1.82) is 0 Å². The summed E-state index contributed by atoms with van der Waals surface area (Å²) in [5.41, 5.74) is 3.06. The van der Waals surface area contributed by atoms with Gasteiger partial charge in [0.05, 0.1) is 6.61 Å². The monoisotopic (exact) mass is 313 g/mol. The average Bonchev–Trinajstić information content (AvgIpc) is 2.56. The van der Waals surface area contributed by atoms with E-state index in [1.54, 1.807) is 31.2 Å². The molecule has 1 atom stereocenters. The van der Waals surface area contributed by atoms with Gasteiger partial charge in [-0.25, -0.2) is 4.79 Å². The van der Waals surface area contributed by atoms with Gasteiger partial charge in [0.15, 0.2) is 0 Å². The lowest BCUT2D eigenvalue weighted by atomic mass is 10.1. The minimum atomic E-state index is -0.604. The largest absolute Gasteiger partial charge is 0.508 e. The van der Waals surface area contributed by atoms with Gasteiger partial charge in [0.1, 0.15) is 11.8 Å². The number of phenolic OH excluding ortho intramolecular Hbond substituents is 1. The van der Waals surface area contributed by atoms with Crippen LogP contribution in [0.2, 0.25) is 0 Å². The van der Waals surface area contributed by atoms with E-state index in [2.05, 4.69) is 36.5 Å². The summed E-state index contributed by atoms with van der Waals surface area (Å²) >= 11 is 0. The standard InChI is InChI=1S/C19H23NO3/c1-3-14-8-10-15(11-9-14)13-20-18(19(22)23-4-2)16-6-5-7-17(21)12-16/h5-12,18,20-21H,3-4,13H2,1-2H3. The number of hydrogen-bond acceptors (Lipinski definition) is 4. The second kappa shape index (κ2) is 8.34. The van der Waals surface area contributed by atoms with Crippen molar-refractivity contribution in [3.8, 4) is 5.75 Å². The van der Waals surface area contributed by atoms with Gasteiger partial charge in [0.2, 0.25) is 0 Å². The zero-order valence-electron chi connectivity index (χ0n) is 13.6. The summed E-state index contributed by atoms with van der Waals surface area (Å²) < 4.78 is 5.14. The Kier molecular flexibility index (Phi) is 6.18. The van der Waals surface area contributed by atoms with Gasteiger partial charge in [-0.05, 0) is 42.2 Å². The molecule has 0 aliphatic heterocycles. The first kappa shape index (κ1) is 17.0. The highest BCUT2D eigenvalue weighted by Gasteiger charge is 2.21.